The van der Waals surface area contributed by atoms with Crippen LogP contribution in [0.1, 0.15) is 43.4 Å². The molecule has 2 heterocycles. The zero-order valence-corrected chi connectivity index (χ0v) is 19.8. The molecule has 0 bridgehead atoms. The molecule has 1 N–H and O–H groups in total. The van der Waals surface area contributed by atoms with Crippen LogP contribution in [0, 0.1) is 12.8 Å². The van der Waals surface area contributed by atoms with Crippen LogP contribution in [0.2, 0.25) is 0 Å². The SMILES string of the molecule is Cc1[nH]c(-c2cccc(OCCCCC3CCN(C)CC3)c2)nc1-c1ccc(C(F)(F)F)cc1. The van der Waals surface area contributed by atoms with Crippen LogP contribution in [0.4, 0.5) is 13.2 Å². The predicted molar refractivity (Wildman–Crippen MR) is 129 cm³/mol. The van der Waals surface area contributed by atoms with E-state index in [-0.39, 0.29) is 0 Å². The highest BCUT2D eigenvalue weighted by atomic mass is 19.4. The largest absolute Gasteiger partial charge is 0.494 e. The standard InChI is InChI=1S/C27H32F3N3O/c1-19-25(21-9-11-23(12-10-21)27(28,29)30)32-26(31-19)22-7-5-8-24(18-22)34-17-4-3-6-20-13-15-33(2)16-14-20/h5,7-12,18,20H,3-4,6,13-17H2,1-2H3,(H,31,32). The second-order valence-electron chi connectivity index (χ2n) is 9.25. The maximum absolute atomic E-state index is 12.9. The molecule has 4 rings (SSSR count). The minimum Gasteiger partial charge on any atom is -0.494 e. The highest BCUT2D eigenvalue weighted by Gasteiger charge is 2.30. The maximum Gasteiger partial charge on any atom is 0.416 e. The van der Waals surface area contributed by atoms with Gasteiger partial charge in [0.2, 0.25) is 0 Å². The molecule has 1 saturated heterocycles. The van der Waals surface area contributed by atoms with Crippen molar-refractivity contribution in [1.82, 2.24) is 14.9 Å². The predicted octanol–water partition coefficient (Wildman–Crippen LogP) is 6.96. The second kappa shape index (κ2) is 10.6. The number of nitrogens with zero attached hydrogens (tertiary/aromatic N) is 2. The monoisotopic (exact) mass is 471 g/mol. The van der Waals surface area contributed by atoms with Gasteiger partial charge >= 0.3 is 6.18 Å². The first-order valence-corrected chi connectivity index (χ1v) is 12.0. The van der Waals surface area contributed by atoms with Gasteiger partial charge in [0.05, 0.1) is 17.9 Å². The molecule has 2 aromatic carbocycles. The van der Waals surface area contributed by atoms with Crippen molar-refractivity contribution in [3.8, 4) is 28.4 Å². The van der Waals surface area contributed by atoms with Crippen LogP contribution >= 0.6 is 0 Å². The Morgan fingerprint density at radius 3 is 2.47 bits per heavy atom. The molecule has 7 heteroatoms. The molecule has 0 spiro atoms. The molecular weight excluding hydrogens is 439 g/mol. The highest BCUT2D eigenvalue weighted by Crippen LogP contribution is 2.32. The fraction of sp³-hybridized carbons (Fsp3) is 0.444. The zero-order chi connectivity index (χ0) is 24.1. The van der Waals surface area contributed by atoms with Gasteiger partial charge in [-0.05, 0) is 82.9 Å². The van der Waals surface area contributed by atoms with E-state index >= 15 is 0 Å². The number of hydrogen-bond acceptors (Lipinski definition) is 3. The maximum atomic E-state index is 12.9. The third kappa shape index (κ3) is 6.20. The van der Waals surface area contributed by atoms with Gasteiger partial charge < -0.3 is 14.6 Å². The molecule has 1 fully saturated rings. The molecule has 4 nitrogen and oxygen atoms in total. The van der Waals surface area contributed by atoms with E-state index in [1.807, 2.05) is 31.2 Å². The Bertz CT molecular complexity index is 1070. The molecule has 0 amide bonds. The van der Waals surface area contributed by atoms with Crippen molar-refractivity contribution in [2.45, 2.75) is 45.2 Å². The fourth-order valence-corrected chi connectivity index (χ4v) is 4.50. The van der Waals surface area contributed by atoms with E-state index in [0.717, 1.165) is 41.5 Å². The molecule has 34 heavy (non-hydrogen) atoms. The van der Waals surface area contributed by atoms with Crippen molar-refractivity contribution in [3.05, 3.63) is 59.8 Å². The molecule has 0 unspecified atom stereocenters. The Morgan fingerprint density at radius 1 is 1.03 bits per heavy atom. The number of alkyl halides is 3. The van der Waals surface area contributed by atoms with Gasteiger partial charge in [-0.2, -0.15) is 13.2 Å². The van der Waals surface area contributed by atoms with Crippen molar-refractivity contribution >= 4 is 0 Å². The van der Waals surface area contributed by atoms with Gasteiger partial charge in [0.1, 0.15) is 11.6 Å². The lowest BCUT2D eigenvalue weighted by Crippen LogP contribution is -2.30. The van der Waals surface area contributed by atoms with E-state index in [4.69, 9.17) is 4.74 Å². The van der Waals surface area contributed by atoms with Crippen molar-refractivity contribution in [1.29, 1.82) is 0 Å². The first-order valence-electron chi connectivity index (χ1n) is 12.0. The molecule has 1 aliphatic rings. The number of H-pyrrole nitrogens is 1. The summed E-state index contributed by atoms with van der Waals surface area (Å²) in [5.74, 6) is 2.31. The molecule has 0 atom stereocenters. The summed E-state index contributed by atoms with van der Waals surface area (Å²) in [6.07, 6.45) is 1.75. The summed E-state index contributed by atoms with van der Waals surface area (Å²) in [7, 11) is 2.19. The summed E-state index contributed by atoms with van der Waals surface area (Å²) < 4.78 is 44.6. The molecule has 1 aliphatic heterocycles. The van der Waals surface area contributed by atoms with E-state index in [2.05, 4.69) is 21.9 Å². The van der Waals surface area contributed by atoms with Gasteiger partial charge in [0.25, 0.3) is 0 Å². The number of benzene rings is 2. The van der Waals surface area contributed by atoms with Crippen LogP contribution < -0.4 is 4.74 Å². The normalized spacial score (nSPS) is 15.6. The Kier molecular flexibility index (Phi) is 7.61. The second-order valence-corrected chi connectivity index (χ2v) is 9.25. The van der Waals surface area contributed by atoms with E-state index < -0.39 is 11.7 Å². The summed E-state index contributed by atoms with van der Waals surface area (Å²) in [6.45, 7) is 4.97. The Labute approximate surface area is 199 Å². The van der Waals surface area contributed by atoms with Crippen LogP contribution in [-0.2, 0) is 6.18 Å². The lowest BCUT2D eigenvalue weighted by Gasteiger charge is -2.28. The Balaban J connectivity index is 1.33. The molecule has 3 aromatic rings. The summed E-state index contributed by atoms with van der Waals surface area (Å²) >= 11 is 0. The van der Waals surface area contributed by atoms with E-state index in [0.29, 0.717) is 23.7 Å². The smallest absolute Gasteiger partial charge is 0.416 e. The molecule has 0 aliphatic carbocycles. The summed E-state index contributed by atoms with van der Waals surface area (Å²) in [5, 5.41) is 0. The number of likely N-dealkylation sites (tertiary alicyclic amines) is 1. The number of hydrogen-bond donors (Lipinski definition) is 1. The third-order valence-electron chi connectivity index (χ3n) is 6.59. The Morgan fingerprint density at radius 2 is 1.76 bits per heavy atom. The number of aromatic nitrogens is 2. The highest BCUT2D eigenvalue weighted by molar-refractivity contribution is 5.68. The van der Waals surface area contributed by atoms with E-state index in [9.17, 15) is 13.2 Å². The molecule has 1 aromatic heterocycles. The van der Waals surface area contributed by atoms with Gasteiger partial charge in [0, 0.05) is 16.8 Å². The summed E-state index contributed by atoms with van der Waals surface area (Å²) in [5.41, 5.74) is 2.30. The van der Waals surface area contributed by atoms with Crippen LogP contribution in [-0.4, -0.2) is 41.6 Å². The summed E-state index contributed by atoms with van der Waals surface area (Å²) in [6, 6.07) is 12.9. The van der Waals surface area contributed by atoms with Crippen molar-refractivity contribution in [2.24, 2.45) is 5.92 Å². The fourth-order valence-electron chi connectivity index (χ4n) is 4.50. The van der Waals surface area contributed by atoms with Gasteiger partial charge in [-0.3, -0.25) is 0 Å². The van der Waals surface area contributed by atoms with Crippen molar-refractivity contribution < 1.29 is 17.9 Å². The quantitative estimate of drug-likeness (QED) is 0.361. The Hall–Kier alpha value is -2.80. The lowest BCUT2D eigenvalue weighted by molar-refractivity contribution is -0.137. The molecular formula is C27H32F3N3O. The zero-order valence-electron chi connectivity index (χ0n) is 19.8. The lowest BCUT2D eigenvalue weighted by atomic mass is 9.92. The topological polar surface area (TPSA) is 41.1 Å². The number of aromatic amines is 1. The average Bonchev–Trinajstić information content (AvgIpc) is 3.21. The first-order chi connectivity index (χ1) is 16.3. The average molecular weight is 472 g/mol. The van der Waals surface area contributed by atoms with Crippen LogP contribution in [0.15, 0.2) is 48.5 Å². The van der Waals surface area contributed by atoms with Crippen LogP contribution in [0.5, 0.6) is 5.75 Å². The van der Waals surface area contributed by atoms with Gasteiger partial charge in [0.15, 0.2) is 0 Å². The number of ether oxygens (including phenoxy) is 1. The number of rotatable bonds is 8. The number of unbranched alkanes of at least 4 members (excludes halogenated alkanes) is 1. The van der Waals surface area contributed by atoms with Crippen molar-refractivity contribution in [2.75, 3.05) is 26.7 Å². The minimum absolute atomic E-state index is 0.643. The number of aryl methyl sites for hydroxylation is 1. The van der Waals surface area contributed by atoms with Gasteiger partial charge in [-0.15, -0.1) is 0 Å². The number of halogens is 3. The van der Waals surface area contributed by atoms with Gasteiger partial charge in [-0.25, -0.2) is 4.98 Å². The number of imidazole rings is 1. The third-order valence-corrected chi connectivity index (χ3v) is 6.59. The molecule has 182 valence electrons. The van der Waals surface area contributed by atoms with Crippen LogP contribution in [0.3, 0.4) is 0 Å². The first kappa shape index (κ1) is 24.3. The minimum atomic E-state index is -4.35. The molecule has 0 saturated carbocycles. The van der Waals surface area contributed by atoms with E-state index in [1.54, 1.807) is 0 Å². The van der Waals surface area contributed by atoms with Gasteiger partial charge in [-0.1, -0.05) is 30.7 Å². The van der Waals surface area contributed by atoms with E-state index in [1.165, 1.54) is 50.9 Å². The number of nitrogens with one attached hydrogen (secondary N) is 1. The van der Waals surface area contributed by atoms with Crippen LogP contribution in [0.25, 0.3) is 22.6 Å². The van der Waals surface area contributed by atoms with Crippen molar-refractivity contribution in [3.63, 3.8) is 0 Å². The number of piperidine rings is 1. The molecule has 0 radical (unpaired) electrons. The summed E-state index contributed by atoms with van der Waals surface area (Å²) in [4.78, 5) is 10.3.